The van der Waals surface area contributed by atoms with Crippen LogP contribution in [0.25, 0.3) is 0 Å². The van der Waals surface area contributed by atoms with Crippen LogP contribution < -0.4 is 10.3 Å². The SMILES string of the molecule is CN(C)c1ccc(/C=N\NC(=O)CN(Cc2ccc(Cl)cc2Cl)S(=O)(=O)c2ccccc2)cc1. The number of sulfonamides is 1. The summed E-state index contributed by atoms with van der Waals surface area (Å²) >= 11 is 12.2. The van der Waals surface area contributed by atoms with Gasteiger partial charge < -0.3 is 4.90 Å². The van der Waals surface area contributed by atoms with Crippen molar-refractivity contribution in [1.82, 2.24) is 9.73 Å². The lowest BCUT2D eigenvalue weighted by Gasteiger charge is -2.22. The van der Waals surface area contributed by atoms with Crippen LogP contribution in [0.3, 0.4) is 0 Å². The van der Waals surface area contributed by atoms with Crippen LogP contribution in [0.2, 0.25) is 10.0 Å². The van der Waals surface area contributed by atoms with Gasteiger partial charge in [0.05, 0.1) is 17.7 Å². The Balaban J connectivity index is 1.77. The van der Waals surface area contributed by atoms with Gasteiger partial charge in [0.2, 0.25) is 10.0 Å². The van der Waals surface area contributed by atoms with Crippen molar-refractivity contribution < 1.29 is 13.2 Å². The second-order valence-electron chi connectivity index (χ2n) is 7.60. The van der Waals surface area contributed by atoms with Crippen molar-refractivity contribution in [2.75, 3.05) is 25.5 Å². The summed E-state index contributed by atoms with van der Waals surface area (Å²) in [5.41, 5.74) is 4.72. The predicted molar refractivity (Wildman–Crippen MR) is 137 cm³/mol. The molecule has 0 aliphatic carbocycles. The molecule has 3 aromatic rings. The van der Waals surface area contributed by atoms with E-state index >= 15 is 0 Å². The summed E-state index contributed by atoms with van der Waals surface area (Å²) in [6, 6.07) is 20.2. The van der Waals surface area contributed by atoms with Gasteiger partial charge in [0.15, 0.2) is 0 Å². The first-order valence-corrected chi connectivity index (χ1v) is 12.4. The third-order valence-corrected chi connectivity index (χ3v) is 7.27. The molecule has 10 heteroatoms. The fraction of sp³-hybridized carbons (Fsp3) is 0.167. The van der Waals surface area contributed by atoms with Gasteiger partial charge in [0, 0.05) is 36.4 Å². The molecule has 3 aromatic carbocycles. The van der Waals surface area contributed by atoms with Gasteiger partial charge >= 0.3 is 0 Å². The van der Waals surface area contributed by atoms with Crippen LogP contribution in [-0.2, 0) is 21.4 Å². The average molecular weight is 519 g/mol. The highest BCUT2D eigenvalue weighted by molar-refractivity contribution is 7.89. The fourth-order valence-electron chi connectivity index (χ4n) is 3.04. The van der Waals surface area contributed by atoms with Gasteiger partial charge in [-0.1, -0.05) is 59.6 Å². The third kappa shape index (κ3) is 6.80. The number of halogens is 2. The Morgan fingerprint density at radius 1 is 1.00 bits per heavy atom. The summed E-state index contributed by atoms with van der Waals surface area (Å²) in [5.74, 6) is -0.592. The number of carbonyl (C=O) groups excluding carboxylic acids is 1. The summed E-state index contributed by atoms with van der Waals surface area (Å²) in [6.45, 7) is -0.566. The molecule has 7 nitrogen and oxygen atoms in total. The number of rotatable bonds is 9. The van der Waals surface area contributed by atoms with Gasteiger partial charge in [0.1, 0.15) is 0 Å². The Hall–Kier alpha value is -2.91. The number of hydrogen-bond donors (Lipinski definition) is 1. The Bertz CT molecular complexity index is 1270. The minimum absolute atomic E-state index is 0.0670. The predicted octanol–water partition coefficient (Wildman–Crippen LogP) is 4.40. The van der Waals surface area contributed by atoms with Crippen molar-refractivity contribution in [2.45, 2.75) is 11.4 Å². The van der Waals surface area contributed by atoms with Gasteiger partial charge in [-0.3, -0.25) is 4.79 Å². The van der Waals surface area contributed by atoms with E-state index in [9.17, 15) is 13.2 Å². The summed E-state index contributed by atoms with van der Waals surface area (Å²) in [4.78, 5) is 14.6. The Labute approximate surface area is 209 Å². The standard InChI is InChI=1S/C24H24Cl2N4O3S/c1-29(2)21-12-8-18(9-13-21)15-27-28-24(31)17-30(16-19-10-11-20(25)14-23(19)26)34(32,33)22-6-4-3-5-7-22/h3-15H,16-17H2,1-2H3,(H,28,31)/b27-15-. The first-order chi connectivity index (χ1) is 16.2. The van der Waals surface area contributed by atoms with Crippen molar-refractivity contribution in [3.05, 3.63) is 94.0 Å². The molecule has 0 bridgehead atoms. The molecule has 0 spiro atoms. The molecule has 0 saturated carbocycles. The molecule has 0 aromatic heterocycles. The van der Waals surface area contributed by atoms with Crippen molar-refractivity contribution >= 4 is 51.0 Å². The van der Waals surface area contributed by atoms with E-state index in [0.717, 1.165) is 15.6 Å². The van der Waals surface area contributed by atoms with E-state index in [1.54, 1.807) is 30.3 Å². The normalized spacial score (nSPS) is 11.7. The van der Waals surface area contributed by atoms with Crippen molar-refractivity contribution in [1.29, 1.82) is 0 Å². The van der Waals surface area contributed by atoms with Crippen LogP contribution in [0.1, 0.15) is 11.1 Å². The van der Waals surface area contributed by atoms with E-state index in [1.807, 2.05) is 43.3 Å². The second-order valence-corrected chi connectivity index (χ2v) is 10.4. The van der Waals surface area contributed by atoms with Crippen molar-refractivity contribution in [2.24, 2.45) is 5.10 Å². The molecule has 0 fully saturated rings. The molecule has 0 heterocycles. The molecule has 0 atom stereocenters. The van der Waals surface area contributed by atoms with Crippen LogP contribution in [0.5, 0.6) is 0 Å². The maximum absolute atomic E-state index is 13.3. The lowest BCUT2D eigenvalue weighted by Crippen LogP contribution is -2.39. The largest absolute Gasteiger partial charge is 0.378 e. The quantitative estimate of drug-likeness (QED) is 0.336. The Morgan fingerprint density at radius 3 is 2.29 bits per heavy atom. The van der Waals surface area contributed by atoms with Crippen LogP contribution >= 0.6 is 23.2 Å². The molecule has 0 aliphatic rings. The number of anilines is 1. The monoisotopic (exact) mass is 518 g/mol. The first kappa shape index (κ1) is 25.7. The van der Waals surface area contributed by atoms with Crippen LogP contribution in [0, 0.1) is 0 Å². The maximum Gasteiger partial charge on any atom is 0.255 e. The van der Waals surface area contributed by atoms with Gasteiger partial charge in [-0.05, 0) is 47.5 Å². The summed E-state index contributed by atoms with van der Waals surface area (Å²) in [5, 5.41) is 4.69. The summed E-state index contributed by atoms with van der Waals surface area (Å²) in [6.07, 6.45) is 1.49. The molecule has 0 unspecified atom stereocenters. The molecule has 1 amide bonds. The van der Waals surface area contributed by atoms with Gasteiger partial charge in [-0.2, -0.15) is 9.41 Å². The molecule has 0 saturated heterocycles. The molecule has 34 heavy (non-hydrogen) atoms. The average Bonchev–Trinajstić information content (AvgIpc) is 2.81. The van der Waals surface area contributed by atoms with Crippen LogP contribution in [0.4, 0.5) is 5.69 Å². The summed E-state index contributed by atoms with van der Waals surface area (Å²) in [7, 11) is -0.106. The van der Waals surface area contributed by atoms with Crippen molar-refractivity contribution in [3.8, 4) is 0 Å². The molecule has 178 valence electrons. The molecule has 1 N–H and O–H groups in total. The van der Waals surface area contributed by atoms with Crippen molar-refractivity contribution in [3.63, 3.8) is 0 Å². The molecular formula is C24H24Cl2N4O3S. The Kier molecular flexibility index (Phi) is 8.68. The highest BCUT2D eigenvalue weighted by Crippen LogP contribution is 2.25. The zero-order valence-electron chi connectivity index (χ0n) is 18.7. The van der Waals surface area contributed by atoms with Gasteiger partial charge in [-0.25, -0.2) is 13.8 Å². The second kappa shape index (κ2) is 11.5. The van der Waals surface area contributed by atoms with E-state index in [4.69, 9.17) is 23.2 Å². The maximum atomic E-state index is 13.3. The van der Waals surface area contributed by atoms with E-state index < -0.39 is 22.5 Å². The van der Waals surface area contributed by atoms with Crippen LogP contribution in [-0.4, -0.2) is 45.5 Å². The summed E-state index contributed by atoms with van der Waals surface area (Å²) < 4.78 is 27.6. The minimum Gasteiger partial charge on any atom is -0.378 e. The fourth-order valence-corrected chi connectivity index (χ4v) is 4.90. The van der Waals surface area contributed by atoms with E-state index in [-0.39, 0.29) is 11.4 Å². The topological polar surface area (TPSA) is 82.1 Å². The molecule has 3 rings (SSSR count). The number of nitrogens with one attached hydrogen (secondary N) is 1. The smallest absolute Gasteiger partial charge is 0.255 e. The number of amides is 1. The molecule has 0 radical (unpaired) electrons. The number of carbonyl (C=O) groups is 1. The zero-order valence-corrected chi connectivity index (χ0v) is 21.0. The Morgan fingerprint density at radius 2 is 1.68 bits per heavy atom. The molecule has 0 aliphatic heterocycles. The lowest BCUT2D eigenvalue weighted by atomic mass is 10.2. The number of hydrogen-bond acceptors (Lipinski definition) is 5. The highest BCUT2D eigenvalue weighted by Gasteiger charge is 2.27. The number of nitrogens with zero attached hydrogens (tertiary/aromatic N) is 3. The number of hydrazone groups is 1. The van der Waals surface area contributed by atoms with E-state index in [1.165, 1.54) is 24.4 Å². The van der Waals surface area contributed by atoms with Gasteiger partial charge in [-0.15, -0.1) is 0 Å². The highest BCUT2D eigenvalue weighted by atomic mass is 35.5. The first-order valence-electron chi connectivity index (χ1n) is 10.3. The van der Waals surface area contributed by atoms with Gasteiger partial charge in [0.25, 0.3) is 5.91 Å². The zero-order chi connectivity index (χ0) is 24.7. The third-order valence-electron chi connectivity index (χ3n) is 4.88. The lowest BCUT2D eigenvalue weighted by molar-refractivity contribution is -0.121. The minimum atomic E-state index is -3.99. The van der Waals surface area contributed by atoms with E-state index in [2.05, 4.69) is 10.5 Å². The van der Waals surface area contributed by atoms with E-state index in [0.29, 0.717) is 15.6 Å². The van der Waals surface area contributed by atoms with Crippen LogP contribution in [0.15, 0.2) is 82.8 Å². The molecular weight excluding hydrogens is 495 g/mol. The number of benzene rings is 3.